The lowest BCUT2D eigenvalue weighted by molar-refractivity contribution is -0.148. The van der Waals surface area contributed by atoms with E-state index in [1.165, 1.54) is 19.9 Å². The van der Waals surface area contributed by atoms with E-state index >= 15 is 0 Å². The number of carbonyl (C=O) groups is 6. The van der Waals surface area contributed by atoms with E-state index in [2.05, 4.69) is 58.0 Å². The van der Waals surface area contributed by atoms with E-state index in [1.54, 1.807) is 52.9 Å². The number of hydrogen-bond donors (Lipinski definition) is 3. The largest absolute Gasteiger partial charge is 0.415 e. The lowest BCUT2D eigenvalue weighted by Gasteiger charge is -2.41. The molecule has 2 aromatic rings. The maximum atomic E-state index is 14.6. The molecule has 1 aromatic heterocycles. The Kier molecular flexibility index (Phi) is 27.2. The van der Waals surface area contributed by atoms with E-state index < -0.39 is 81.5 Å². The van der Waals surface area contributed by atoms with Crippen molar-refractivity contribution in [1.29, 1.82) is 0 Å². The van der Waals surface area contributed by atoms with Crippen LogP contribution in [-0.2, 0) is 67.9 Å². The second-order valence-corrected chi connectivity index (χ2v) is 29.9. The van der Waals surface area contributed by atoms with E-state index in [1.807, 2.05) is 84.1 Å². The SMILES string of the molecule is CC[C@H](C)[C@@H]([C@@H](CC(=O)N1CCC[C@H]1[C@H](OC)[C@@H](C)C(=O)N[C@@H](Cc1ccc(OC(=O)N2CCC(Cn3nnc(CSC(C)C)c3CSC(C)C)CC2)cc1)C(=O)NS(=O)(=O)C1CC1)OC)N(C)C(=O)[C@@H](NC(=O)[C@H](C(C)C)N(C)C)C(C)C. The van der Waals surface area contributed by atoms with Crippen LogP contribution in [0.25, 0.3) is 0 Å². The monoisotopic (exact) mass is 1230 g/mol. The van der Waals surface area contributed by atoms with Crippen LogP contribution in [0.15, 0.2) is 24.3 Å². The van der Waals surface area contributed by atoms with Crippen molar-refractivity contribution in [2.75, 3.05) is 55.0 Å². The molecule has 0 radical (unpaired) electrons. The number of sulfonamides is 1. The number of likely N-dealkylation sites (tertiary alicyclic amines) is 2. The second-order valence-electron chi connectivity index (χ2n) is 24.8. The van der Waals surface area contributed by atoms with Gasteiger partial charge in [0.1, 0.15) is 17.8 Å². The summed E-state index contributed by atoms with van der Waals surface area (Å²) >= 11 is 3.73. The summed E-state index contributed by atoms with van der Waals surface area (Å²) in [6, 6.07) is 2.86. The Balaban J connectivity index is 1.24. The maximum Gasteiger partial charge on any atom is 0.415 e. The predicted octanol–water partition coefficient (Wildman–Crippen LogP) is 6.76. The molecular formula is C60H100N10O11S3. The van der Waals surface area contributed by atoms with Gasteiger partial charge < -0.3 is 39.5 Å². The minimum atomic E-state index is -3.99. The van der Waals surface area contributed by atoms with Crippen LogP contribution in [0.2, 0.25) is 0 Å². The van der Waals surface area contributed by atoms with Crippen LogP contribution in [0, 0.1) is 29.6 Å². The fourth-order valence-electron chi connectivity index (χ4n) is 11.5. The van der Waals surface area contributed by atoms with Crippen molar-refractivity contribution in [2.45, 2.75) is 210 Å². The number of likely N-dealkylation sites (N-methyl/N-ethyl adjacent to an activating group) is 2. The van der Waals surface area contributed by atoms with Crippen LogP contribution < -0.4 is 20.1 Å². The molecule has 9 atom stereocenters. The molecule has 474 valence electrons. The molecule has 0 spiro atoms. The summed E-state index contributed by atoms with van der Waals surface area (Å²) in [6.07, 6.45) is 2.03. The van der Waals surface area contributed by atoms with Gasteiger partial charge in [-0.1, -0.05) is 99.9 Å². The molecule has 3 N–H and O–H groups in total. The van der Waals surface area contributed by atoms with Gasteiger partial charge in [0, 0.05) is 65.4 Å². The van der Waals surface area contributed by atoms with Gasteiger partial charge in [0.05, 0.1) is 59.3 Å². The molecule has 1 aromatic carbocycles. The quantitative estimate of drug-likeness (QED) is 0.0686. The van der Waals surface area contributed by atoms with Crippen molar-refractivity contribution in [3.05, 3.63) is 41.2 Å². The first-order valence-corrected chi connectivity index (χ1v) is 33.9. The van der Waals surface area contributed by atoms with E-state index in [4.69, 9.17) is 14.2 Å². The maximum absolute atomic E-state index is 14.6. The smallest absolute Gasteiger partial charge is 0.410 e. The van der Waals surface area contributed by atoms with E-state index in [0.717, 1.165) is 36.6 Å². The van der Waals surface area contributed by atoms with Gasteiger partial charge in [-0.25, -0.2) is 17.9 Å². The van der Waals surface area contributed by atoms with Gasteiger partial charge in [-0.05, 0) is 104 Å². The molecule has 6 amide bonds. The first-order chi connectivity index (χ1) is 39.6. The molecule has 3 heterocycles. The molecule has 0 bridgehead atoms. The Morgan fingerprint density at radius 2 is 1.40 bits per heavy atom. The first-order valence-electron chi connectivity index (χ1n) is 30.3. The van der Waals surface area contributed by atoms with Crippen molar-refractivity contribution in [1.82, 2.24) is 49.9 Å². The Bertz CT molecular complexity index is 2580. The number of piperidine rings is 1. The van der Waals surface area contributed by atoms with Crippen molar-refractivity contribution in [2.24, 2.45) is 29.6 Å². The average Bonchev–Trinajstić information content (AvgIpc) is 3.88. The molecule has 1 aliphatic carbocycles. The number of methoxy groups -OCH3 is 2. The Hall–Kier alpha value is -4.49. The first kappa shape index (κ1) is 70.3. The van der Waals surface area contributed by atoms with Gasteiger partial charge in [0.25, 0.3) is 5.91 Å². The number of amides is 6. The highest BCUT2D eigenvalue weighted by molar-refractivity contribution is 7.99. The molecule has 0 unspecified atom stereocenters. The fourth-order valence-corrected chi connectivity index (χ4v) is 14.4. The van der Waals surface area contributed by atoms with E-state index in [9.17, 15) is 37.2 Å². The summed E-state index contributed by atoms with van der Waals surface area (Å²) in [5.74, 6) is -1.24. The number of carbonyl (C=O) groups excluding carboxylic acids is 6. The molecule has 2 saturated heterocycles. The highest BCUT2D eigenvalue weighted by Crippen LogP contribution is 2.32. The van der Waals surface area contributed by atoms with Crippen molar-refractivity contribution < 1.29 is 51.4 Å². The summed E-state index contributed by atoms with van der Waals surface area (Å²) in [5.41, 5.74) is 2.77. The van der Waals surface area contributed by atoms with Crippen molar-refractivity contribution >= 4 is 69.2 Å². The summed E-state index contributed by atoms with van der Waals surface area (Å²) in [4.78, 5) is 91.3. The molecule has 5 rings (SSSR count). The third-order valence-corrected chi connectivity index (χ3v) is 20.7. The Labute approximate surface area is 509 Å². The standard InChI is InChI=1S/C60H100N10O11S3/c1-17-40(10)54(67(14)59(75)52(36(2)3)62-58(74)53(37(4)5)66(12)13)50(79-15)32-51(71)69-28-18-19-48(69)55(80-16)41(11)56(72)61-46(57(73)64-84(77,78)45-24-25-45)31-42-20-22-44(23-21-42)81-60(76)68-29-26-43(27-30-68)33-70-49(35-83-39(8)9)47(63-65-70)34-82-38(6)7/h20-23,36-41,43,45-46,48,50,52-55H,17-19,24-35H2,1-16H3,(H,61,72)(H,62,74)(H,64,73)/t40-,41+,46-,48-,50+,52-,53-,54-,55+/m0/s1. The molecule has 3 fully saturated rings. The van der Waals surface area contributed by atoms with Crippen LogP contribution in [0.5, 0.6) is 5.75 Å². The number of rotatable bonds is 32. The zero-order valence-electron chi connectivity index (χ0n) is 52.9. The highest BCUT2D eigenvalue weighted by Gasteiger charge is 2.45. The number of nitrogens with one attached hydrogen (secondary N) is 3. The third-order valence-electron chi connectivity index (χ3n) is 16.7. The van der Waals surface area contributed by atoms with Crippen LogP contribution in [-0.4, -0.2) is 192 Å². The number of hydrogen-bond acceptors (Lipinski definition) is 16. The van der Waals surface area contributed by atoms with Gasteiger partial charge in [0.15, 0.2) is 0 Å². The molecule has 2 aliphatic heterocycles. The van der Waals surface area contributed by atoms with Gasteiger partial charge in [-0.15, -0.1) is 5.10 Å². The Morgan fingerprint density at radius 1 is 0.774 bits per heavy atom. The minimum absolute atomic E-state index is 0.000727. The molecule has 3 aliphatic rings. The van der Waals surface area contributed by atoms with Crippen LogP contribution >= 0.6 is 23.5 Å². The fraction of sp³-hybridized carbons (Fsp3) is 0.767. The second kappa shape index (κ2) is 32.5. The van der Waals surface area contributed by atoms with Crippen LogP contribution in [0.4, 0.5) is 4.79 Å². The molecule has 84 heavy (non-hydrogen) atoms. The Morgan fingerprint density at radius 3 is 1.95 bits per heavy atom. The summed E-state index contributed by atoms with van der Waals surface area (Å²) in [7, 11) is 4.37. The number of nitrogens with zero attached hydrogens (tertiary/aromatic N) is 7. The lowest BCUT2D eigenvalue weighted by atomic mass is 9.89. The lowest BCUT2D eigenvalue weighted by Crippen LogP contribution is -2.59. The highest BCUT2D eigenvalue weighted by atomic mass is 32.2. The molecule has 24 heteroatoms. The number of thioether (sulfide) groups is 2. The van der Waals surface area contributed by atoms with Crippen molar-refractivity contribution in [3.63, 3.8) is 0 Å². The topological polar surface area (TPSA) is 244 Å². The summed E-state index contributed by atoms with van der Waals surface area (Å²) in [6.45, 7) is 24.3. The zero-order valence-corrected chi connectivity index (χ0v) is 55.4. The molecular weight excluding hydrogens is 1130 g/mol. The van der Waals surface area contributed by atoms with Crippen molar-refractivity contribution in [3.8, 4) is 5.75 Å². The van der Waals surface area contributed by atoms with Gasteiger partial charge in [0.2, 0.25) is 33.7 Å². The molecule has 1 saturated carbocycles. The number of aromatic nitrogens is 3. The summed E-state index contributed by atoms with van der Waals surface area (Å²) < 4.78 is 48.4. The van der Waals surface area contributed by atoms with Gasteiger partial charge in [-0.2, -0.15) is 23.5 Å². The minimum Gasteiger partial charge on any atom is -0.410 e. The zero-order chi connectivity index (χ0) is 62.3. The van der Waals surface area contributed by atoms with E-state index in [0.29, 0.717) is 73.7 Å². The van der Waals surface area contributed by atoms with Gasteiger partial charge in [-0.3, -0.25) is 33.6 Å². The van der Waals surface area contributed by atoms with Crippen LogP contribution in [0.3, 0.4) is 0 Å². The van der Waals surface area contributed by atoms with Gasteiger partial charge >= 0.3 is 6.09 Å². The molecule has 21 nitrogen and oxygen atoms in total. The third kappa shape index (κ3) is 19.5. The average molecular weight is 1230 g/mol. The summed E-state index contributed by atoms with van der Waals surface area (Å²) in [5, 5.41) is 15.3. The van der Waals surface area contributed by atoms with E-state index in [-0.39, 0.29) is 54.1 Å². The van der Waals surface area contributed by atoms with Crippen LogP contribution in [0.1, 0.15) is 144 Å². The number of ether oxygens (including phenoxy) is 3. The predicted molar refractivity (Wildman–Crippen MR) is 331 cm³/mol. The number of benzene rings is 1. The normalized spacial score (nSPS) is 19.0.